The fourth-order valence-electron chi connectivity index (χ4n) is 2.15. The van der Waals surface area contributed by atoms with Gasteiger partial charge >= 0.3 is 0 Å². The second-order valence-corrected chi connectivity index (χ2v) is 4.23. The number of nitrogens with zero attached hydrogens (tertiary/aromatic N) is 1. The van der Waals surface area contributed by atoms with E-state index < -0.39 is 0 Å². The van der Waals surface area contributed by atoms with Crippen molar-refractivity contribution in [1.29, 1.82) is 0 Å². The van der Waals surface area contributed by atoms with Crippen LogP contribution >= 0.6 is 0 Å². The number of methoxy groups -OCH3 is 1. The van der Waals surface area contributed by atoms with Crippen LogP contribution in [-0.4, -0.2) is 31.2 Å². The van der Waals surface area contributed by atoms with Gasteiger partial charge in [-0.05, 0) is 38.1 Å². The monoisotopic (exact) mass is 263 g/mol. The highest BCUT2D eigenvalue weighted by atomic mass is 16.7. The minimum Gasteiger partial charge on any atom is -0.497 e. The van der Waals surface area contributed by atoms with Gasteiger partial charge in [-0.15, -0.1) is 0 Å². The smallest absolute Gasteiger partial charge is 0.175 e. The lowest BCUT2D eigenvalue weighted by Gasteiger charge is -2.18. The van der Waals surface area contributed by atoms with E-state index in [2.05, 4.69) is 22.9 Å². The molecule has 0 aliphatic rings. The van der Waals surface area contributed by atoms with Crippen LogP contribution in [0.4, 0.5) is 0 Å². The molecule has 0 unspecified atom stereocenters. The maximum absolute atomic E-state index is 5.58. The normalized spacial score (nSPS) is 11.4. The molecule has 0 aliphatic heterocycles. The molecule has 2 rings (SSSR count). The Labute approximate surface area is 113 Å². The molecule has 1 aromatic carbocycles. The van der Waals surface area contributed by atoms with E-state index in [9.17, 15) is 0 Å². The quantitative estimate of drug-likeness (QED) is 0.720. The third-order valence-electron chi connectivity index (χ3n) is 3.03. The molecule has 0 atom stereocenters. The predicted octanol–water partition coefficient (Wildman–Crippen LogP) is 3.05. The summed E-state index contributed by atoms with van der Waals surface area (Å²) in [6.07, 6.45) is 1.85. The molecule has 0 spiro atoms. The molecule has 4 nitrogen and oxygen atoms in total. The van der Waals surface area contributed by atoms with Gasteiger partial charge in [-0.1, -0.05) is 0 Å². The summed E-state index contributed by atoms with van der Waals surface area (Å²) in [6, 6.07) is 8.13. The summed E-state index contributed by atoms with van der Waals surface area (Å²) in [6.45, 7) is 5.95. The van der Waals surface area contributed by atoms with E-state index in [0.29, 0.717) is 19.8 Å². The summed E-state index contributed by atoms with van der Waals surface area (Å²) in [7, 11) is 1.68. The van der Waals surface area contributed by atoms with Crippen molar-refractivity contribution in [2.24, 2.45) is 0 Å². The molecule has 2 aromatic rings. The first-order valence-corrected chi connectivity index (χ1v) is 6.64. The van der Waals surface area contributed by atoms with E-state index in [1.807, 2.05) is 26.0 Å². The van der Waals surface area contributed by atoms with Crippen LogP contribution in [0.3, 0.4) is 0 Å². The first-order chi connectivity index (χ1) is 9.28. The van der Waals surface area contributed by atoms with E-state index in [1.54, 1.807) is 7.11 Å². The fraction of sp³-hybridized carbons (Fsp3) is 0.467. The SMILES string of the molecule is CCOC(Cn1ccc2cc(OC)ccc21)OCC. The number of hydrogen-bond acceptors (Lipinski definition) is 3. The van der Waals surface area contributed by atoms with E-state index in [0.717, 1.165) is 16.7 Å². The molecule has 0 saturated carbocycles. The van der Waals surface area contributed by atoms with Crippen molar-refractivity contribution in [2.75, 3.05) is 20.3 Å². The molecule has 0 saturated heterocycles. The third-order valence-corrected chi connectivity index (χ3v) is 3.03. The highest BCUT2D eigenvalue weighted by Crippen LogP contribution is 2.22. The summed E-state index contributed by atoms with van der Waals surface area (Å²) in [5.41, 5.74) is 1.16. The van der Waals surface area contributed by atoms with Crippen molar-refractivity contribution in [3.63, 3.8) is 0 Å². The van der Waals surface area contributed by atoms with Crippen LogP contribution in [0.2, 0.25) is 0 Å². The van der Waals surface area contributed by atoms with Crippen LogP contribution in [-0.2, 0) is 16.0 Å². The van der Waals surface area contributed by atoms with Gasteiger partial charge in [0.15, 0.2) is 6.29 Å². The molecular formula is C15H21NO3. The number of aromatic nitrogens is 1. The second kappa shape index (κ2) is 6.59. The lowest BCUT2D eigenvalue weighted by Crippen LogP contribution is -2.23. The first-order valence-electron chi connectivity index (χ1n) is 6.64. The molecular weight excluding hydrogens is 242 g/mol. The van der Waals surface area contributed by atoms with Crippen LogP contribution in [0, 0.1) is 0 Å². The van der Waals surface area contributed by atoms with Gasteiger partial charge in [0.2, 0.25) is 0 Å². The predicted molar refractivity (Wildman–Crippen MR) is 75.5 cm³/mol. The number of hydrogen-bond donors (Lipinski definition) is 0. The molecule has 4 heteroatoms. The maximum Gasteiger partial charge on any atom is 0.175 e. The van der Waals surface area contributed by atoms with Crippen molar-refractivity contribution in [3.8, 4) is 5.75 Å². The minimum absolute atomic E-state index is 0.201. The standard InChI is InChI=1S/C15H21NO3/c1-4-18-15(19-5-2)11-16-9-8-12-10-13(17-3)6-7-14(12)16/h6-10,15H,4-5,11H2,1-3H3. The summed E-state index contributed by atoms with van der Waals surface area (Å²) in [4.78, 5) is 0. The van der Waals surface area contributed by atoms with Crippen molar-refractivity contribution >= 4 is 10.9 Å². The number of benzene rings is 1. The number of fused-ring (bicyclic) bond motifs is 1. The van der Waals surface area contributed by atoms with Gasteiger partial charge in [-0.3, -0.25) is 0 Å². The fourth-order valence-corrected chi connectivity index (χ4v) is 2.15. The molecule has 0 radical (unpaired) electrons. The summed E-state index contributed by atoms with van der Waals surface area (Å²) >= 11 is 0. The molecule has 19 heavy (non-hydrogen) atoms. The van der Waals surface area contributed by atoms with Gasteiger partial charge in [0.25, 0.3) is 0 Å². The van der Waals surface area contributed by atoms with Crippen LogP contribution in [0.25, 0.3) is 10.9 Å². The van der Waals surface area contributed by atoms with Crippen molar-refractivity contribution in [3.05, 3.63) is 30.5 Å². The zero-order valence-corrected chi connectivity index (χ0v) is 11.8. The van der Waals surface area contributed by atoms with Crippen LogP contribution in [0.5, 0.6) is 5.75 Å². The number of ether oxygens (including phenoxy) is 3. The van der Waals surface area contributed by atoms with Gasteiger partial charge in [0, 0.05) is 30.3 Å². The Kier molecular flexibility index (Phi) is 4.82. The average Bonchev–Trinajstić information content (AvgIpc) is 2.81. The number of rotatable bonds is 7. The Morgan fingerprint density at radius 1 is 1.11 bits per heavy atom. The van der Waals surface area contributed by atoms with Gasteiger partial charge in [-0.25, -0.2) is 0 Å². The summed E-state index contributed by atoms with van der Waals surface area (Å²) < 4.78 is 18.5. The average molecular weight is 263 g/mol. The van der Waals surface area contributed by atoms with Crippen molar-refractivity contribution in [2.45, 2.75) is 26.7 Å². The van der Waals surface area contributed by atoms with Crippen LogP contribution in [0.1, 0.15) is 13.8 Å². The third kappa shape index (κ3) is 3.28. The van der Waals surface area contributed by atoms with Crippen molar-refractivity contribution < 1.29 is 14.2 Å². The minimum atomic E-state index is -0.201. The van der Waals surface area contributed by atoms with Gasteiger partial charge in [0.05, 0.1) is 13.7 Å². The Balaban J connectivity index is 2.20. The lowest BCUT2D eigenvalue weighted by atomic mass is 10.2. The Morgan fingerprint density at radius 3 is 2.47 bits per heavy atom. The second-order valence-electron chi connectivity index (χ2n) is 4.23. The molecule has 0 bridgehead atoms. The van der Waals surface area contributed by atoms with Gasteiger partial charge in [0.1, 0.15) is 5.75 Å². The van der Waals surface area contributed by atoms with Crippen LogP contribution < -0.4 is 4.74 Å². The zero-order chi connectivity index (χ0) is 13.7. The topological polar surface area (TPSA) is 32.6 Å². The Morgan fingerprint density at radius 2 is 1.84 bits per heavy atom. The molecule has 0 aliphatic carbocycles. The Hall–Kier alpha value is -1.52. The van der Waals surface area contributed by atoms with Gasteiger partial charge in [-0.2, -0.15) is 0 Å². The van der Waals surface area contributed by atoms with E-state index in [1.165, 1.54) is 0 Å². The highest BCUT2D eigenvalue weighted by molar-refractivity contribution is 5.81. The summed E-state index contributed by atoms with van der Waals surface area (Å²) in [5.74, 6) is 0.872. The maximum atomic E-state index is 5.58. The van der Waals surface area contributed by atoms with E-state index >= 15 is 0 Å². The molecule has 0 fully saturated rings. The summed E-state index contributed by atoms with van der Waals surface area (Å²) in [5, 5.41) is 1.16. The van der Waals surface area contributed by atoms with Crippen molar-refractivity contribution in [1.82, 2.24) is 4.57 Å². The van der Waals surface area contributed by atoms with Crippen LogP contribution in [0.15, 0.2) is 30.5 Å². The van der Waals surface area contributed by atoms with Gasteiger partial charge < -0.3 is 18.8 Å². The molecule has 0 N–H and O–H groups in total. The first kappa shape index (κ1) is 13.9. The van der Waals surface area contributed by atoms with E-state index in [-0.39, 0.29) is 6.29 Å². The van der Waals surface area contributed by atoms with E-state index in [4.69, 9.17) is 14.2 Å². The highest BCUT2D eigenvalue weighted by Gasteiger charge is 2.11. The molecule has 1 aromatic heterocycles. The molecule has 104 valence electrons. The lowest BCUT2D eigenvalue weighted by molar-refractivity contribution is -0.143. The molecule has 0 amide bonds. The molecule has 1 heterocycles. The Bertz CT molecular complexity index is 515. The largest absolute Gasteiger partial charge is 0.497 e. The zero-order valence-electron chi connectivity index (χ0n) is 11.8.